The third-order valence-electron chi connectivity index (χ3n) is 3.09. The van der Waals surface area contributed by atoms with Crippen LogP contribution in [-0.2, 0) is 13.6 Å². The van der Waals surface area contributed by atoms with Crippen molar-refractivity contribution < 1.29 is 43.0 Å². The first-order valence-corrected chi connectivity index (χ1v) is 8.15. The molecule has 0 heterocycles. The van der Waals surface area contributed by atoms with Gasteiger partial charge < -0.3 is 19.3 Å². The molecule has 134 valence electrons. The zero-order valence-corrected chi connectivity index (χ0v) is 13.9. The Morgan fingerprint density at radius 1 is 0.615 bits per heavy atom. The van der Waals surface area contributed by atoms with E-state index >= 15 is 0 Å². The van der Waals surface area contributed by atoms with Crippen molar-refractivity contribution in [3.63, 3.8) is 0 Å². The molecule has 0 aliphatic carbocycles. The number of carboxylic acid groups (broad SMARTS) is 2. The molecule has 0 aliphatic heterocycles. The molecule has 0 amide bonds. The van der Waals surface area contributed by atoms with Gasteiger partial charge in [0.15, 0.2) is 0 Å². The van der Waals surface area contributed by atoms with Crippen molar-refractivity contribution >= 4 is 32.1 Å². The highest BCUT2D eigenvalue weighted by molar-refractivity contribution is 7.34. The Kier molecular flexibility index (Phi) is 5.87. The highest BCUT2D eigenvalue weighted by Gasteiger charge is 2.17. The van der Waals surface area contributed by atoms with Gasteiger partial charge in [-0.2, -0.15) is 0 Å². The third kappa shape index (κ3) is 4.78. The molecule has 0 fully saturated rings. The minimum absolute atomic E-state index is 0.0505. The van der Waals surface area contributed by atoms with Crippen LogP contribution >= 0.6 is 8.25 Å². The SMILES string of the molecule is O=C(O)c1ccc(C(=O)O[PH](=O)OC(=O)c2ccc(C(=O)O)cc2)cc1. The van der Waals surface area contributed by atoms with Crippen molar-refractivity contribution in [1.82, 2.24) is 0 Å². The molecule has 0 saturated heterocycles. The number of hydrogen-bond donors (Lipinski definition) is 2. The highest BCUT2D eigenvalue weighted by Crippen LogP contribution is 2.27. The van der Waals surface area contributed by atoms with Crippen LogP contribution in [-0.4, -0.2) is 34.1 Å². The molecule has 0 aromatic heterocycles. The second-order valence-electron chi connectivity index (χ2n) is 4.79. The molecule has 0 bridgehead atoms. The van der Waals surface area contributed by atoms with E-state index in [9.17, 15) is 23.7 Å². The molecule has 0 aliphatic rings. The van der Waals surface area contributed by atoms with Crippen LogP contribution in [0.25, 0.3) is 0 Å². The van der Waals surface area contributed by atoms with Gasteiger partial charge in [0, 0.05) is 0 Å². The fourth-order valence-electron chi connectivity index (χ4n) is 1.79. The van der Waals surface area contributed by atoms with Crippen LogP contribution in [0, 0.1) is 0 Å². The van der Waals surface area contributed by atoms with Gasteiger partial charge in [-0.3, -0.25) is 0 Å². The Morgan fingerprint density at radius 3 is 1.15 bits per heavy atom. The summed E-state index contributed by atoms with van der Waals surface area (Å²) in [6.45, 7) is 0. The molecule has 0 unspecified atom stereocenters. The lowest BCUT2D eigenvalue weighted by Crippen LogP contribution is -2.05. The minimum atomic E-state index is -3.52. The molecule has 2 aromatic rings. The van der Waals surface area contributed by atoms with Crippen LogP contribution in [0.3, 0.4) is 0 Å². The van der Waals surface area contributed by atoms with Crippen molar-refractivity contribution in [3.05, 3.63) is 70.8 Å². The number of rotatable bonds is 6. The maximum Gasteiger partial charge on any atom is 0.423 e. The number of carboxylic acids is 2. The first-order valence-electron chi connectivity index (χ1n) is 6.93. The number of carbonyl (C=O) groups excluding carboxylic acids is 2. The van der Waals surface area contributed by atoms with Crippen molar-refractivity contribution in [2.24, 2.45) is 0 Å². The Morgan fingerprint density at radius 2 is 0.885 bits per heavy atom. The molecular formula is C16H11O9P. The summed E-state index contributed by atoms with van der Waals surface area (Å²) >= 11 is 0. The van der Waals surface area contributed by atoms with E-state index in [2.05, 4.69) is 9.05 Å². The van der Waals surface area contributed by atoms with Crippen LogP contribution in [0.2, 0.25) is 0 Å². The molecule has 0 spiro atoms. The van der Waals surface area contributed by atoms with E-state index in [1.54, 1.807) is 0 Å². The monoisotopic (exact) mass is 378 g/mol. The van der Waals surface area contributed by atoms with Crippen LogP contribution in [0.1, 0.15) is 41.4 Å². The number of carbonyl (C=O) groups is 4. The second kappa shape index (κ2) is 8.09. The molecule has 10 heteroatoms. The van der Waals surface area contributed by atoms with Gasteiger partial charge in [0.2, 0.25) is 0 Å². The summed E-state index contributed by atoms with van der Waals surface area (Å²) in [7, 11) is -3.52. The van der Waals surface area contributed by atoms with Gasteiger partial charge in [-0.25, -0.2) is 23.7 Å². The van der Waals surface area contributed by atoms with Gasteiger partial charge in [-0.15, -0.1) is 0 Å². The lowest BCUT2D eigenvalue weighted by atomic mass is 10.1. The van der Waals surface area contributed by atoms with E-state index in [1.807, 2.05) is 0 Å². The van der Waals surface area contributed by atoms with Crippen molar-refractivity contribution in [2.45, 2.75) is 0 Å². The van der Waals surface area contributed by atoms with Gasteiger partial charge in [0.1, 0.15) is 0 Å². The van der Waals surface area contributed by atoms with Crippen molar-refractivity contribution in [3.8, 4) is 0 Å². The number of aromatic carboxylic acids is 2. The fraction of sp³-hybridized carbons (Fsp3) is 0. The molecule has 2 rings (SSSR count). The standard InChI is InChI=1S/C16H11O9P/c17-13(18)9-1-5-11(6-2-9)15(21)24-26(23)25-16(22)12-7-3-10(4-8-12)14(19)20/h1-8,26H,(H,17,18)(H,19,20). The second-order valence-corrected chi connectivity index (χ2v) is 5.70. The van der Waals surface area contributed by atoms with Gasteiger partial charge in [-0.1, -0.05) is 0 Å². The molecule has 9 nitrogen and oxygen atoms in total. The van der Waals surface area contributed by atoms with E-state index in [-0.39, 0.29) is 22.3 Å². The van der Waals surface area contributed by atoms with Crippen LogP contribution in [0.5, 0.6) is 0 Å². The van der Waals surface area contributed by atoms with E-state index in [0.717, 1.165) is 48.5 Å². The molecule has 0 saturated carbocycles. The lowest BCUT2D eigenvalue weighted by Gasteiger charge is -2.06. The first-order chi connectivity index (χ1) is 12.3. The normalized spacial score (nSPS) is 10.2. The summed E-state index contributed by atoms with van der Waals surface area (Å²) in [5.74, 6) is -4.47. The van der Waals surface area contributed by atoms with Crippen molar-refractivity contribution in [2.75, 3.05) is 0 Å². The maximum atomic E-state index is 11.8. The average Bonchev–Trinajstić information content (AvgIpc) is 2.61. The van der Waals surface area contributed by atoms with E-state index in [4.69, 9.17) is 10.2 Å². The topological polar surface area (TPSA) is 144 Å². The lowest BCUT2D eigenvalue weighted by molar-refractivity contribution is 0.0642. The van der Waals surface area contributed by atoms with Gasteiger partial charge >= 0.3 is 32.1 Å². The van der Waals surface area contributed by atoms with Crippen LogP contribution < -0.4 is 0 Å². The fourth-order valence-corrected chi connectivity index (χ4v) is 2.37. The predicted octanol–water partition coefficient (Wildman–Crippen LogP) is 2.49. The molecular weight excluding hydrogens is 367 g/mol. The maximum absolute atomic E-state index is 11.8. The number of hydrogen-bond acceptors (Lipinski definition) is 7. The zero-order chi connectivity index (χ0) is 19.3. The molecule has 0 atom stereocenters. The Hall–Kier alpha value is -3.45. The summed E-state index contributed by atoms with van der Waals surface area (Å²) in [5, 5.41) is 17.5. The first kappa shape index (κ1) is 18.9. The summed E-state index contributed by atoms with van der Waals surface area (Å²) in [5.41, 5.74) is -0.249. The molecule has 0 radical (unpaired) electrons. The van der Waals surface area contributed by atoms with E-state index in [1.165, 1.54) is 0 Å². The predicted molar refractivity (Wildman–Crippen MR) is 86.6 cm³/mol. The molecule has 2 aromatic carbocycles. The summed E-state index contributed by atoms with van der Waals surface area (Å²) < 4.78 is 20.7. The summed E-state index contributed by atoms with van der Waals surface area (Å²) in [6, 6.07) is 9.28. The van der Waals surface area contributed by atoms with E-state index < -0.39 is 32.1 Å². The van der Waals surface area contributed by atoms with Gasteiger partial charge in [0.25, 0.3) is 0 Å². The minimum Gasteiger partial charge on any atom is -0.478 e. The third-order valence-corrected chi connectivity index (χ3v) is 3.79. The summed E-state index contributed by atoms with van der Waals surface area (Å²) in [4.78, 5) is 45.0. The summed E-state index contributed by atoms with van der Waals surface area (Å²) in [6.07, 6.45) is 0. The smallest absolute Gasteiger partial charge is 0.423 e. The van der Waals surface area contributed by atoms with Gasteiger partial charge in [0.05, 0.1) is 22.3 Å². The van der Waals surface area contributed by atoms with Gasteiger partial charge in [-0.05, 0) is 48.5 Å². The average molecular weight is 378 g/mol. The number of benzene rings is 2. The Labute approximate surface area is 146 Å². The Bertz CT molecular complexity index is 811. The van der Waals surface area contributed by atoms with E-state index in [0.29, 0.717) is 0 Å². The highest BCUT2D eigenvalue weighted by atomic mass is 31.1. The quantitative estimate of drug-likeness (QED) is 0.724. The van der Waals surface area contributed by atoms with Crippen molar-refractivity contribution in [1.29, 1.82) is 0 Å². The van der Waals surface area contributed by atoms with Crippen LogP contribution in [0.15, 0.2) is 48.5 Å². The van der Waals surface area contributed by atoms with Crippen LogP contribution in [0.4, 0.5) is 0 Å². The zero-order valence-electron chi connectivity index (χ0n) is 12.9. The molecule has 26 heavy (non-hydrogen) atoms. The molecule has 2 N–H and O–H groups in total. The Balaban J connectivity index is 1.96. The largest absolute Gasteiger partial charge is 0.478 e.